The summed E-state index contributed by atoms with van der Waals surface area (Å²) in [5, 5.41) is 0. The zero-order chi connectivity index (χ0) is 17.7. The van der Waals surface area contributed by atoms with Crippen molar-refractivity contribution in [3.05, 3.63) is 50.8 Å². The molecular formula is C19H22FIN2O. The Kier molecular flexibility index (Phi) is 6.60. The van der Waals surface area contributed by atoms with Crippen molar-refractivity contribution < 1.29 is 9.13 Å². The van der Waals surface area contributed by atoms with E-state index >= 15 is 0 Å². The standard InChI is InChI=1S/C19H22FIN2O/c1-5-8-23(4)12-22-18-9-14(3)19(10-13(18)2)24-15-6-7-16(20)17(21)11-15/h6-7,9-12H,5,8H2,1-4H3. The van der Waals surface area contributed by atoms with Crippen LogP contribution in [0, 0.1) is 23.2 Å². The summed E-state index contributed by atoms with van der Waals surface area (Å²) in [6.07, 6.45) is 2.94. The highest BCUT2D eigenvalue weighted by molar-refractivity contribution is 14.1. The van der Waals surface area contributed by atoms with Gasteiger partial charge in [0.2, 0.25) is 0 Å². The summed E-state index contributed by atoms with van der Waals surface area (Å²) in [6, 6.07) is 8.73. The molecular weight excluding hydrogens is 418 g/mol. The number of hydrogen-bond acceptors (Lipinski definition) is 2. The monoisotopic (exact) mass is 440 g/mol. The van der Waals surface area contributed by atoms with Crippen molar-refractivity contribution in [2.75, 3.05) is 13.6 Å². The highest BCUT2D eigenvalue weighted by atomic mass is 127. The van der Waals surface area contributed by atoms with Crippen molar-refractivity contribution >= 4 is 34.6 Å². The molecule has 0 saturated carbocycles. The molecule has 5 heteroatoms. The number of aryl methyl sites for hydroxylation is 2. The molecule has 0 N–H and O–H groups in total. The van der Waals surface area contributed by atoms with Gasteiger partial charge >= 0.3 is 0 Å². The molecule has 24 heavy (non-hydrogen) atoms. The van der Waals surface area contributed by atoms with Gasteiger partial charge < -0.3 is 9.64 Å². The topological polar surface area (TPSA) is 24.8 Å². The van der Waals surface area contributed by atoms with Crippen LogP contribution in [0.1, 0.15) is 24.5 Å². The van der Waals surface area contributed by atoms with E-state index in [9.17, 15) is 4.39 Å². The summed E-state index contributed by atoms with van der Waals surface area (Å²) >= 11 is 1.96. The number of nitrogens with zero attached hydrogens (tertiary/aromatic N) is 2. The fourth-order valence-electron chi connectivity index (χ4n) is 2.26. The number of halogens is 2. The third kappa shape index (κ3) is 4.93. The molecule has 0 amide bonds. The highest BCUT2D eigenvalue weighted by Crippen LogP contribution is 2.32. The Labute approximate surface area is 156 Å². The van der Waals surface area contributed by atoms with Crippen molar-refractivity contribution in [2.45, 2.75) is 27.2 Å². The molecule has 3 nitrogen and oxygen atoms in total. The molecule has 2 aromatic carbocycles. The van der Waals surface area contributed by atoms with E-state index in [-0.39, 0.29) is 5.82 Å². The van der Waals surface area contributed by atoms with Crippen LogP contribution in [0.4, 0.5) is 10.1 Å². The Bertz CT molecular complexity index is 746. The number of benzene rings is 2. The van der Waals surface area contributed by atoms with Gasteiger partial charge in [-0.2, -0.15) is 0 Å². The zero-order valence-electron chi connectivity index (χ0n) is 14.4. The third-order valence-corrected chi connectivity index (χ3v) is 4.41. The molecule has 0 saturated heterocycles. The number of ether oxygens (including phenoxy) is 1. The Morgan fingerprint density at radius 3 is 2.62 bits per heavy atom. The lowest BCUT2D eigenvalue weighted by Crippen LogP contribution is -2.16. The Morgan fingerprint density at radius 2 is 1.96 bits per heavy atom. The van der Waals surface area contributed by atoms with Crippen molar-refractivity contribution in [3.63, 3.8) is 0 Å². The van der Waals surface area contributed by atoms with Gasteiger partial charge in [0.1, 0.15) is 17.3 Å². The van der Waals surface area contributed by atoms with Crippen LogP contribution in [0.5, 0.6) is 11.5 Å². The lowest BCUT2D eigenvalue weighted by molar-refractivity contribution is 0.475. The minimum atomic E-state index is -0.239. The van der Waals surface area contributed by atoms with E-state index in [4.69, 9.17) is 4.74 Å². The minimum absolute atomic E-state index is 0.239. The van der Waals surface area contributed by atoms with Gasteiger partial charge in [-0.05, 0) is 84.3 Å². The van der Waals surface area contributed by atoms with Crippen LogP contribution >= 0.6 is 22.6 Å². The molecule has 0 unspecified atom stereocenters. The van der Waals surface area contributed by atoms with E-state index in [0.717, 1.165) is 35.5 Å². The molecule has 128 valence electrons. The lowest BCUT2D eigenvalue weighted by atomic mass is 10.1. The van der Waals surface area contributed by atoms with Gasteiger partial charge in [-0.1, -0.05) is 6.92 Å². The van der Waals surface area contributed by atoms with Gasteiger partial charge in [0.25, 0.3) is 0 Å². The molecule has 0 bridgehead atoms. The Hall–Kier alpha value is -1.63. The first-order chi connectivity index (χ1) is 11.4. The van der Waals surface area contributed by atoms with E-state index < -0.39 is 0 Å². The average molecular weight is 440 g/mol. The van der Waals surface area contributed by atoms with E-state index in [1.807, 2.05) is 62.0 Å². The van der Waals surface area contributed by atoms with Crippen LogP contribution < -0.4 is 4.74 Å². The van der Waals surface area contributed by atoms with E-state index in [1.165, 1.54) is 6.07 Å². The summed E-state index contributed by atoms with van der Waals surface area (Å²) in [5.74, 6) is 1.15. The molecule has 0 fully saturated rings. The maximum Gasteiger partial charge on any atom is 0.136 e. The van der Waals surface area contributed by atoms with Gasteiger partial charge in [0, 0.05) is 13.6 Å². The number of rotatable bonds is 6. The molecule has 0 aliphatic heterocycles. The first-order valence-corrected chi connectivity index (χ1v) is 8.97. The predicted octanol–water partition coefficient (Wildman–Crippen LogP) is 5.84. The van der Waals surface area contributed by atoms with Crippen molar-refractivity contribution in [3.8, 4) is 11.5 Å². The lowest BCUT2D eigenvalue weighted by Gasteiger charge is -2.13. The molecule has 2 rings (SSSR count). The fraction of sp³-hybridized carbons (Fsp3) is 0.316. The Balaban J connectivity index is 2.21. The van der Waals surface area contributed by atoms with Gasteiger partial charge in [0.15, 0.2) is 0 Å². The fourth-order valence-corrected chi connectivity index (χ4v) is 2.75. The van der Waals surface area contributed by atoms with Gasteiger partial charge in [-0.25, -0.2) is 9.38 Å². The smallest absolute Gasteiger partial charge is 0.136 e. The zero-order valence-corrected chi connectivity index (χ0v) is 16.6. The van der Waals surface area contributed by atoms with Crippen LogP contribution in [0.3, 0.4) is 0 Å². The van der Waals surface area contributed by atoms with Gasteiger partial charge in [-0.15, -0.1) is 0 Å². The van der Waals surface area contributed by atoms with E-state index in [1.54, 1.807) is 12.1 Å². The van der Waals surface area contributed by atoms with Crippen molar-refractivity contribution in [1.82, 2.24) is 4.90 Å². The SMILES string of the molecule is CCCN(C)C=Nc1cc(C)c(Oc2ccc(F)c(I)c2)cc1C. The van der Waals surface area contributed by atoms with Gasteiger partial charge in [0.05, 0.1) is 15.6 Å². The average Bonchev–Trinajstić information content (AvgIpc) is 2.53. The number of hydrogen-bond donors (Lipinski definition) is 0. The van der Waals surface area contributed by atoms with Crippen LogP contribution in [0.15, 0.2) is 35.3 Å². The minimum Gasteiger partial charge on any atom is -0.457 e. The van der Waals surface area contributed by atoms with Crippen LogP contribution in [-0.2, 0) is 0 Å². The van der Waals surface area contributed by atoms with Crippen LogP contribution in [0.25, 0.3) is 0 Å². The first kappa shape index (κ1) is 18.7. The molecule has 0 atom stereocenters. The third-order valence-electron chi connectivity index (χ3n) is 3.58. The summed E-state index contributed by atoms with van der Waals surface area (Å²) in [5.41, 5.74) is 2.95. The molecule has 0 spiro atoms. The van der Waals surface area contributed by atoms with Crippen molar-refractivity contribution in [1.29, 1.82) is 0 Å². The van der Waals surface area contributed by atoms with Crippen molar-refractivity contribution in [2.24, 2.45) is 4.99 Å². The van der Waals surface area contributed by atoms with E-state index in [2.05, 4.69) is 16.8 Å². The molecule has 2 aromatic rings. The molecule has 0 aliphatic rings. The highest BCUT2D eigenvalue weighted by Gasteiger charge is 2.08. The summed E-state index contributed by atoms with van der Waals surface area (Å²) in [4.78, 5) is 6.62. The maximum atomic E-state index is 13.4. The second kappa shape index (κ2) is 8.46. The normalized spacial score (nSPS) is 11.1. The molecule has 0 radical (unpaired) electrons. The molecule has 0 aromatic heterocycles. The maximum absolute atomic E-state index is 13.4. The Morgan fingerprint density at radius 1 is 1.21 bits per heavy atom. The van der Waals surface area contributed by atoms with Gasteiger partial charge in [-0.3, -0.25) is 0 Å². The number of aliphatic imine (C=N–C) groups is 1. The van der Waals surface area contributed by atoms with E-state index in [0.29, 0.717) is 9.32 Å². The summed E-state index contributed by atoms with van der Waals surface area (Å²) in [7, 11) is 2.02. The van der Waals surface area contributed by atoms with Crippen LogP contribution in [0.2, 0.25) is 0 Å². The predicted molar refractivity (Wildman–Crippen MR) is 106 cm³/mol. The van der Waals surface area contributed by atoms with Crippen LogP contribution in [-0.4, -0.2) is 24.8 Å². The summed E-state index contributed by atoms with van der Waals surface area (Å²) in [6.45, 7) is 7.11. The molecule has 0 heterocycles. The second-order valence-electron chi connectivity index (χ2n) is 5.81. The summed E-state index contributed by atoms with van der Waals surface area (Å²) < 4.78 is 19.8. The largest absolute Gasteiger partial charge is 0.457 e. The quantitative estimate of drug-likeness (QED) is 0.320. The molecule has 0 aliphatic carbocycles. The first-order valence-electron chi connectivity index (χ1n) is 7.89. The second-order valence-corrected chi connectivity index (χ2v) is 6.97.